The first-order valence-electron chi connectivity index (χ1n) is 7.72. The summed E-state index contributed by atoms with van der Waals surface area (Å²) in [5.41, 5.74) is 2.36. The van der Waals surface area contributed by atoms with Gasteiger partial charge in [0.15, 0.2) is 0 Å². The molecule has 0 aliphatic heterocycles. The minimum absolute atomic E-state index is 0.0651. The SMILES string of the molecule is CO/C=C(\Oc1cc(-n2ccc(C(C)C)n2)c(Cl)cc1C)C(=O)OC. The standard InChI is InChI=1S/C18H21ClN2O4/c1-11(2)14-6-7-21(20-14)15-9-16(12(3)8-13(15)19)25-17(10-23-4)18(22)24-5/h6-11H,1-5H3/b17-10-. The number of carbonyl (C=O) groups is 1. The number of halogens is 1. The van der Waals surface area contributed by atoms with Gasteiger partial charge in [0.05, 0.1) is 30.6 Å². The van der Waals surface area contributed by atoms with Crippen molar-refractivity contribution >= 4 is 17.6 Å². The van der Waals surface area contributed by atoms with Gasteiger partial charge in [-0.3, -0.25) is 0 Å². The summed E-state index contributed by atoms with van der Waals surface area (Å²) in [7, 11) is 2.69. The van der Waals surface area contributed by atoms with Crippen molar-refractivity contribution in [3.05, 3.63) is 52.7 Å². The van der Waals surface area contributed by atoms with Crippen LogP contribution < -0.4 is 4.74 Å². The molecule has 0 atom stereocenters. The minimum atomic E-state index is -0.640. The van der Waals surface area contributed by atoms with E-state index in [4.69, 9.17) is 21.1 Å². The highest BCUT2D eigenvalue weighted by molar-refractivity contribution is 6.32. The van der Waals surface area contributed by atoms with Crippen molar-refractivity contribution in [2.75, 3.05) is 14.2 Å². The number of ether oxygens (including phenoxy) is 3. The number of methoxy groups -OCH3 is 2. The van der Waals surface area contributed by atoms with Crippen LogP contribution in [0.4, 0.5) is 0 Å². The molecule has 1 aromatic heterocycles. The molecule has 0 saturated heterocycles. The molecule has 0 fully saturated rings. The zero-order valence-corrected chi connectivity index (χ0v) is 15.6. The molecule has 0 spiro atoms. The highest BCUT2D eigenvalue weighted by Gasteiger charge is 2.17. The van der Waals surface area contributed by atoms with Crippen LogP contribution in [0.25, 0.3) is 5.69 Å². The number of hydrogen-bond donors (Lipinski definition) is 0. The van der Waals surface area contributed by atoms with Crippen LogP contribution in [-0.4, -0.2) is 30.0 Å². The largest absolute Gasteiger partial charge is 0.500 e. The van der Waals surface area contributed by atoms with E-state index in [1.165, 1.54) is 20.5 Å². The average molecular weight is 365 g/mol. The molecular formula is C18H21ClN2O4. The maximum absolute atomic E-state index is 11.8. The molecule has 0 aliphatic carbocycles. The third kappa shape index (κ3) is 4.33. The Labute approximate surface area is 151 Å². The van der Waals surface area contributed by atoms with Gasteiger partial charge in [-0.05, 0) is 30.5 Å². The van der Waals surface area contributed by atoms with E-state index in [9.17, 15) is 4.79 Å². The van der Waals surface area contributed by atoms with Crippen LogP contribution in [0.1, 0.15) is 31.0 Å². The summed E-state index contributed by atoms with van der Waals surface area (Å²) in [5.74, 6) is 0.0510. The quantitative estimate of drug-likeness (QED) is 0.440. The van der Waals surface area contributed by atoms with Crippen LogP contribution in [0.5, 0.6) is 5.75 Å². The molecule has 0 amide bonds. The van der Waals surface area contributed by atoms with Gasteiger partial charge < -0.3 is 14.2 Å². The Morgan fingerprint density at radius 3 is 2.60 bits per heavy atom. The zero-order chi connectivity index (χ0) is 18.6. The number of carbonyl (C=O) groups excluding carboxylic acids is 1. The van der Waals surface area contributed by atoms with Crippen LogP contribution in [-0.2, 0) is 14.3 Å². The van der Waals surface area contributed by atoms with Gasteiger partial charge in [0.2, 0.25) is 5.76 Å². The van der Waals surface area contributed by atoms with Crippen molar-refractivity contribution in [1.82, 2.24) is 9.78 Å². The van der Waals surface area contributed by atoms with Crippen molar-refractivity contribution in [2.24, 2.45) is 0 Å². The summed E-state index contributed by atoms with van der Waals surface area (Å²) < 4.78 is 16.9. The van der Waals surface area contributed by atoms with Gasteiger partial charge in [-0.15, -0.1) is 0 Å². The Hall–Kier alpha value is -2.47. The van der Waals surface area contributed by atoms with E-state index in [1.807, 2.05) is 19.2 Å². The second kappa shape index (κ2) is 8.07. The number of benzene rings is 1. The fourth-order valence-electron chi connectivity index (χ4n) is 2.15. The summed E-state index contributed by atoms with van der Waals surface area (Å²) in [6, 6.07) is 5.41. The second-order valence-electron chi connectivity index (χ2n) is 5.72. The van der Waals surface area contributed by atoms with Gasteiger partial charge in [0, 0.05) is 12.3 Å². The first-order chi connectivity index (χ1) is 11.9. The van der Waals surface area contributed by atoms with E-state index in [0.717, 1.165) is 11.3 Å². The number of hydrogen-bond acceptors (Lipinski definition) is 5. The van der Waals surface area contributed by atoms with Gasteiger partial charge in [0.25, 0.3) is 0 Å². The van der Waals surface area contributed by atoms with E-state index >= 15 is 0 Å². The molecule has 0 N–H and O–H groups in total. The van der Waals surface area contributed by atoms with E-state index in [2.05, 4.69) is 23.7 Å². The lowest BCUT2D eigenvalue weighted by atomic mass is 10.1. The Bertz CT molecular complexity index is 796. The number of nitrogens with zero attached hydrogens (tertiary/aromatic N) is 2. The molecule has 1 aromatic carbocycles. The van der Waals surface area contributed by atoms with Crippen LogP contribution in [0.15, 0.2) is 36.4 Å². The summed E-state index contributed by atoms with van der Waals surface area (Å²) >= 11 is 6.37. The molecule has 1 heterocycles. The maximum atomic E-state index is 11.8. The number of esters is 1. The molecular weight excluding hydrogens is 344 g/mol. The highest BCUT2D eigenvalue weighted by atomic mass is 35.5. The predicted molar refractivity (Wildman–Crippen MR) is 95.1 cm³/mol. The predicted octanol–water partition coefficient (Wildman–Crippen LogP) is 4.00. The van der Waals surface area contributed by atoms with Gasteiger partial charge in [-0.25, -0.2) is 9.48 Å². The first-order valence-corrected chi connectivity index (χ1v) is 8.10. The number of rotatable bonds is 6. The van der Waals surface area contributed by atoms with Crippen LogP contribution in [0.2, 0.25) is 5.02 Å². The van der Waals surface area contributed by atoms with Gasteiger partial charge in [-0.1, -0.05) is 25.4 Å². The van der Waals surface area contributed by atoms with Crippen LogP contribution in [0.3, 0.4) is 0 Å². The maximum Gasteiger partial charge on any atom is 0.377 e. The van der Waals surface area contributed by atoms with Crippen LogP contribution >= 0.6 is 11.6 Å². The molecule has 2 rings (SSSR count). The lowest BCUT2D eigenvalue weighted by molar-refractivity contribution is -0.138. The molecule has 7 heteroatoms. The van der Waals surface area contributed by atoms with Crippen molar-refractivity contribution in [3.8, 4) is 11.4 Å². The molecule has 0 bridgehead atoms. The number of aryl methyl sites for hydroxylation is 1. The molecule has 0 aliphatic rings. The van der Waals surface area contributed by atoms with Crippen LogP contribution in [0, 0.1) is 6.92 Å². The molecule has 134 valence electrons. The molecule has 25 heavy (non-hydrogen) atoms. The van der Waals surface area contributed by atoms with Crippen molar-refractivity contribution in [2.45, 2.75) is 26.7 Å². The highest BCUT2D eigenvalue weighted by Crippen LogP contribution is 2.31. The second-order valence-corrected chi connectivity index (χ2v) is 6.13. The van der Waals surface area contributed by atoms with E-state index < -0.39 is 5.97 Å². The van der Waals surface area contributed by atoms with Gasteiger partial charge in [-0.2, -0.15) is 5.10 Å². The Morgan fingerprint density at radius 1 is 1.32 bits per heavy atom. The first kappa shape index (κ1) is 18.9. The number of aromatic nitrogens is 2. The summed E-state index contributed by atoms with van der Waals surface area (Å²) in [6.45, 7) is 5.96. The molecule has 0 unspecified atom stereocenters. The normalized spacial score (nSPS) is 11.6. The third-order valence-corrected chi connectivity index (χ3v) is 3.83. The molecule has 0 saturated carbocycles. The average Bonchev–Trinajstić information content (AvgIpc) is 3.05. The monoisotopic (exact) mass is 364 g/mol. The summed E-state index contributed by atoms with van der Waals surface area (Å²) in [4.78, 5) is 11.8. The zero-order valence-electron chi connectivity index (χ0n) is 14.9. The molecule has 0 radical (unpaired) electrons. The minimum Gasteiger partial charge on any atom is -0.500 e. The van der Waals surface area contributed by atoms with E-state index in [-0.39, 0.29) is 5.76 Å². The summed E-state index contributed by atoms with van der Waals surface area (Å²) in [6.07, 6.45) is 3.02. The molecule has 6 nitrogen and oxygen atoms in total. The Kier molecular flexibility index (Phi) is 6.09. The fourth-order valence-corrected chi connectivity index (χ4v) is 2.45. The van der Waals surface area contributed by atoms with Gasteiger partial charge >= 0.3 is 5.97 Å². The van der Waals surface area contributed by atoms with Crippen molar-refractivity contribution in [1.29, 1.82) is 0 Å². The Morgan fingerprint density at radius 2 is 2.04 bits per heavy atom. The molecule has 2 aromatic rings. The van der Waals surface area contributed by atoms with Crippen molar-refractivity contribution in [3.63, 3.8) is 0 Å². The fraction of sp³-hybridized carbons (Fsp3) is 0.333. The smallest absolute Gasteiger partial charge is 0.377 e. The lowest BCUT2D eigenvalue weighted by Gasteiger charge is -2.13. The Balaban J connectivity index is 2.43. The van der Waals surface area contributed by atoms with E-state index in [0.29, 0.717) is 22.4 Å². The van der Waals surface area contributed by atoms with Crippen molar-refractivity contribution < 1.29 is 19.0 Å². The lowest BCUT2D eigenvalue weighted by Crippen LogP contribution is -2.12. The topological polar surface area (TPSA) is 62.6 Å². The van der Waals surface area contributed by atoms with Gasteiger partial charge in [0.1, 0.15) is 12.0 Å². The summed E-state index contributed by atoms with van der Waals surface area (Å²) in [5, 5.41) is 5.05. The third-order valence-electron chi connectivity index (χ3n) is 3.52. The van der Waals surface area contributed by atoms with E-state index in [1.54, 1.807) is 16.8 Å².